The third-order valence-electron chi connectivity index (χ3n) is 4.84. The number of H-pyrrole nitrogens is 1. The summed E-state index contributed by atoms with van der Waals surface area (Å²) < 4.78 is 4.05. The summed E-state index contributed by atoms with van der Waals surface area (Å²) in [5.74, 6) is 0.818. The zero-order chi connectivity index (χ0) is 20.3. The lowest BCUT2D eigenvalue weighted by molar-refractivity contribution is 0.768. The summed E-state index contributed by atoms with van der Waals surface area (Å²) in [4.78, 5) is 27.8. The molecular formula is C23H18N6O. The third kappa shape index (κ3) is 3.33. The molecule has 0 aliphatic rings. The monoisotopic (exact) mass is 394 g/mol. The quantitative estimate of drug-likeness (QED) is 0.494. The van der Waals surface area contributed by atoms with Gasteiger partial charge in [-0.2, -0.15) is 0 Å². The Bertz CT molecular complexity index is 1330. The first kappa shape index (κ1) is 17.8. The largest absolute Gasteiger partial charge is 0.323 e. The normalized spacial score (nSPS) is 10.9. The molecule has 4 heterocycles. The first-order valence-electron chi connectivity index (χ1n) is 9.53. The molecule has 0 radical (unpaired) electrons. The van der Waals surface area contributed by atoms with Gasteiger partial charge in [0.05, 0.1) is 42.0 Å². The highest BCUT2D eigenvalue weighted by Crippen LogP contribution is 2.33. The van der Waals surface area contributed by atoms with Crippen molar-refractivity contribution >= 4 is 0 Å². The molecule has 4 aromatic heterocycles. The van der Waals surface area contributed by atoms with Crippen LogP contribution in [0.25, 0.3) is 28.5 Å². The average Bonchev–Trinajstić information content (AvgIpc) is 3.42. The molecule has 5 rings (SSSR count). The minimum Gasteiger partial charge on any atom is -0.323 e. The second kappa shape index (κ2) is 7.63. The van der Waals surface area contributed by atoms with Gasteiger partial charge in [0.2, 0.25) is 0 Å². The van der Waals surface area contributed by atoms with Gasteiger partial charge in [-0.3, -0.25) is 9.36 Å². The van der Waals surface area contributed by atoms with E-state index in [1.807, 2.05) is 76.0 Å². The fourth-order valence-corrected chi connectivity index (χ4v) is 3.52. The summed E-state index contributed by atoms with van der Waals surface area (Å²) in [5, 5.41) is 0. The van der Waals surface area contributed by atoms with Gasteiger partial charge in [0.1, 0.15) is 5.82 Å². The van der Waals surface area contributed by atoms with E-state index < -0.39 is 0 Å². The predicted molar refractivity (Wildman–Crippen MR) is 114 cm³/mol. The number of aromatic amines is 1. The van der Waals surface area contributed by atoms with Gasteiger partial charge in [-0.05, 0) is 24.3 Å². The fourth-order valence-electron chi connectivity index (χ4n) is 3.52. The number of pyridine rings is 1. The van der Waals surface area contributed by atoms with E-state index in [9.17, 15) is 4.79 Å². The lowest BCUT2D eigenvalue weighted by Crippen LogP contribution is -2.11. The Morgan fingerprint density at radius 1 is 0.900 bits per heavy atom. The molecule has 146 valence electrons. The van der Waals surface area contributed by atoms with Gasteiger partial charge >= 0.3 is 0 Å². The van der Waals surface area contributed by atoms with E-state index in [-0.39, 0.29) is 5.56 Å². The number of hydrogen-bond donors (Lipinski definition) is 1. The lowest BCUT2D eigenvalue weighted by atomic mass is 10.1. The van der Waals surface area contributed by atoms with Crippen LogP contribution in [0.5, 0.6) is 0 Å². The Kier molecular flexibility index (Phi) is 4.53. The Morgan fingerprint density at radius 2 is 1.77 bits per heavy atom. The molecule has 0 amide bonds. The van der Waals surface area contributed by atoms with E-state index in [2.05, 4.69) is 15.0 Å². The van der Waals surface area contributed by atoms with Crippen molar-refractivity contribution < 1.29 is 0 Å². The molecule has 7 nitrogen and oxygen atoms in total. The molecule has 0 spiro atoms. The highest BCUT2D eigenvalue weighted by Gasteiger charge is 2.19. The van der Waals surface area contributed by atoms with Gasteiger partial charge in [0, 0.05) is 24.0 Å². The molecule has 0 bridgehead atoms. The van der Waals surface area contributed by atoms with Crippen molar-refractivity contribution in [1.82, 2.24) is 29.1 Å². The highest BCUT2D eigenvalue weighted by atomic mass is 16.1. The maximum atomic E-state index is 11.7. The zero-order valence-electron chi connectivity index (χ0n) is 16.0. The number of rotatable bonds is 5. The van der Waals surface area contributed by atoms with Gasteiger partial charge in [-0.15, -0.1) is 0 Å². The van der Waals surface area contributed by atoms with Gasteiger partial charge in [0.15, 0.2) is 0 Å². The molecule has 1 aromatic carbocycles. The van der Waals surface area contributed by atoms with Crippen LogP contribution in [0, 0.1) is 0 Å². The molecular weight excluding hydrogens is 376 g/mol. The molecule has 0 aliphatic heterocycles. The summed E-state index contributed by atoms with van der Waals surface area (Å²) in [6.07, 6.45) is 6.96. The fraction of sp³-hybridized carbons (Fsp3) is 0.0435. The maximum absolute atomic E-state index is 11.7. The molecule has 5 aromatic rings. The van der Waals surface area contributed by atoms with Crippen LogP contribution < -0.4 is 5.56 Å². The summed E-state index contributed by atoms with van der Waals surface area (Å²) in [5.41, 5.74) is 4.24. The van der Waals surface area contributed by atoms with Crippen molar-refractivity contribution in [3.8, 4) is 28.5 Å². The van der Waals surface area contributed by atoms with Crippen LogP contribution in [0.2, 0.25) is 0 Å². The Morgan fingerprint density at radius 3 is 2.57 bits per heavy atom. The van der Waals surface area contributed by atoms with Gasteiger partial charge < -0.3 is 9.55 Å². The highest BCUT2D eigenvalue weighted by molar-refractivity contribution is 5.78. The van der Waals surface area contributed by atoms with Crippen molar-refractivity contribution in [1.29, 1.82) is 0 Å². The summed E-state index contributed by atoms with van der Waals surface area (Å²) in [6, 6.07) is 21.4. The van der Waals surface area contributed by atoms with Crippen molar-refractivity contribution in [3.63, 3.8) is 0 Å². The molecule has 0 saturated carbocycles. The minimum atomic E-state index is -0.179. The second-order valence-corrected chi connectivity index (χ2v) is 6.79. The van der Waals surface area contributed by atoms with E-state index in [4.69, 9.17) is 4.98 Å². The van der Waals surface area contributed by atoms with Gasteiger partial charge in [-0.25, -0.2) is 15.0 Å². The van der Waals surface area contributed by atoms with Crippen LogP contribution in [0.1, 0.15) is 5.69 Å². The van der Waals surface area contributed by atoms with E-state index in [1.165, 1.54) is 12.4 Å². The topological polar surface area (TPSA) is 81.4 Å². The second-order valence-electron chi connectivity index (χ2n) is 6.79. The van der Waals surface area contributed by atoms with E-state index in [0.29, 0.717) is 12.2 Å². The summed E-state index contributed by atoms with van der Waals surface area (Å²) >= 11 is 0. The van der Waals surface area contributed by atoms with Crippen LogP contribution in [0.3, 0.4) is 0 Å². The minimum absolute atomic E-state index is 0.179. The van der Waals surface area contributed by atoms with Crippen LogP contribution in [-0.4, -0.2) is 29.1 Å². The zero-order valence-corrected chi connectivity index (χ0v) is 16.0. The number of nitrogens with zero attached hydrogens (tertiary/aromatic N) is 5. The summed E-state index contributed by atoms with van der Waals surface area (Å²) in [7, 11) is 0. The van der Waals surface area contributed by atoms with Crippen LogP contribution in [0.15, 0.2) is 96.6 Å². The average molecular weight is 394 g/mol. The van der Waals surface area contributed by atoms with Crippen LogP contribution in [-0.2, 0) is 6.54 Å². The summed E-state index contributed by atoms with van der Waals surface area (Å²) in [6.45, 7) is 0.423. The number of aromatic nitrogens is 6. The number of hydrogen-bond acceptors (Lipinski definition) is 4. The van der Waals surface area contributed by atoms with Crippen molar-refractivity contribution in [2.45, 2.75) is 6.54 Å². The molecule has 0 unspecified atom stereocenters. The predicted octanol–water partition coefficient (Wildman–Crippen LogP) is 3.53. The van der Waals surface area contributed by atoms with Crippen LogP contribution in [0.4, 0.5) is 0 Å². The van der Waals surface area contributed by atoms with Crippen LogP contribution >= 0.6 is 0 Å². The Labute approximate surface area is 172 Å². The lowest BCUT2D eigenvalue weighted by Gasteiger charge is -2.13. The first-order valence-corrected chi connectivity index (χ1v) is 9.53. The van der Waals surface area contributed by atoms with Gasteiger partial charge in [0.25, 0.3) is 5.56 Å². The third-order valence-corrected chi connectivity index (χ3v) is 4.84. The van der Waals surface area contributed by atoms with E-state index in [1.54, 1.807) is 12.5 Å². The maximum Gasteiger partial charge on any atom is 0.250 e. The molecule has 0 fully saturated rings. The SMILES string of the molecule is O=c1cc(Cn2cnc(-c3ccccc3)c2-c2cccn2-c2ccccn2)nc[nH]1. The van der Waals surface area contributed by atoms with E-state index in [0.717, 1.165) is 28.5 Å². The molecule has 30 heavy (non-hydrogen) atoms. The van der Waals surface area contributed by atoms with Crippen molar-refractivity contribution in [2.75, 3.05) is 0 Å². The molecule has 0 saturated heterocycles. The van der Waals surface area contributed by atoms with E-state index >= 15 is 0 Å². The number of nitrogens with one attached hydrogen (secondary N) is 1. The van der Waals surface area contributed by atoms with Crippen molar-refractivity contribution in [2.24, 2.45) is 0 Å². The number of benzene rings is 1. The molecule has 7 heteroatoms. The first-order chi connectivity index (χ1) is 14.8. The molecule has 1 N–H and O–H groups in total. The van der Waals surface area contributed by atoms with Crippen molar-refractivity contribution in [3.05, 3.63) is 108 Å². The molecule has 0 atom stereocenters. The van der Waals surface area contributed by atoms with Gasteiger partial charge in [-0.1, -0.05) is 36.4 Å². The molecule has 0 aliphatic carbocycles. The standard InChI is InChI=1S/C23H18N6O/c30-21-13-18(25-15-26-21)14-28-16-27-22(17-7-2-1-3-8-17)23(28)19-9-6-12-29(19)20-10-4-5-11-24-20/h1-13,15-16H,14H2,(H,25,26,30). The Balaban J connectivity index is 1.69. The smallest absolute Gasteiger partial charge is 0.250 e. The number of imidazole rings is 1. The Hall–Kier alpha value is -4.26.